The van der Waals surface area contributed by atoms with E-state index >= 15 is 0 Å². The molecule has 0 N–H and O–H groups in total. The van der Waals surface area contributed by atoms with Gasteiger partial charge in [-0.15, -0.1) is 0 Å². The molecule has 1 aromatic heterocycles. The van der Waals surface area contributed by atoms with Crippen molar-refractivity contribution in [3.8, 4) is 0 Å². The number of hydrogen-bond acceptors (Lipinski definition) is 4. The van der Waals surface area contributed by atoms with Gasteiger partial charge in [0.05, 0.1) is 12.6 Å². The first-order chi connectivity index (χ1) is 8.89. The maximum Gasteiger partial charge on any atom is 0.240 e. The standard InChI is InChI=1S/C12H19N3O3S/c1-10(19(2,17)18)12(16)15-8-3-5-11(15)9-14-7-4-6-13-14/h4,6-7,10-11H,3,5,8-9H2,1-2H3/t10-,11-/m1/s1. The van der Waals surface area contributed by atoms with Crippen molar-refractivity contribution in [2.75, 3.05) is 12.8 Å². The number of amides is 1. The van der Waals surface area contributed by atoms with Gasteiger partial charge in [-0.05, 0) is 25.8 Å². The molecule has 7 heteroatoms. The lowest BCUT2D eigenvalue weighted by atomic mass is 10.2. The second-order valence-corrected chi connectivity index (χ2v) is 7.39. The van der Waals surface area contributed by atoms with Crippen molar-refractivity contribution in [2.45, 2.75) is 37.6 Å². The third-order valence-electron chi connectivity index (χ3n) is 3.61. The Hall–Kier alpha value is -1.37. The summed E-state index contributed by atoms with van der Waals surface area (Å²) in [6, 6.07) is 1.87. The maximum atomic E-state index is 12.2. The van der Waals surface area contributed by atoms with Gasteiger partial charge in [0.25, 0.3) is 0 Å². The van der Waals surface area contributed by atoms with E-state index in [9.17, 15) is 13.2 Å². The van der Waals surface area contributed by atoms with Crippen LogP contribution >= 0.6 is 0 Å². The van der Waals surface area contributed by atoms with E-state index in [1.807, 2.05) is 12.3 Å². The summed E-state index contributed by atoms with van der Waals surface area (Å²) in [6.45, 7) is 2.71. The predicted octanol–water partition coefficient (Wildman–Crippen LogP) is 0.307. The zero-order chi connectivity index (χ0) is 14.0. The Kier molecular flexibility index (Phi) is 3.93. The largest absolute Gasteiger partial charge is 0.337 e. The molecule has 2 atom stereocenters. The van der Waals surface area contributed by atoms with Crippen molar-refractivity contribution in [3.63, 3.8) is 0 Å². The summed E-state index contributed by atoms with van der Waals surface area (Å²) in [4.78, 5) is 13.9. The van der Waals surface area contributed by atoms with Gasteiger partial charge in [0.1, 0.15) is 5.25 Å². The van der Waals surface area contributed by atoms with Gasteiger partial charge in [0, 0.05) is 25.2 Å². The molecule has 0 aliphatic carbocycles. The van der Waals surface area contributed by atoms with Gasteiger partial charge in [0.15, 0.2) is 9.84 Å². The normalized spacial score (nSPS) is 21.6. The summed E-state index contributed by atoms with van der Waals surface area (Å²) in [5.41, 5.74) is 0. The lowest BCUT2D eigenvalue weighted by Crippen LogP contribution is -2.45. The number of sulfone groups is 1. The maximum absolute atomic E-state index is 12.2. The molecule has 1 fully saturated rings. The van der Waals surface area contributed by atoms with E-state index in [1.54, 1.807) is 15.8 Å². The van der Waals surface area contributed by atoms with E-state index in [4.69, 9.17) is 0 Å². The van der Waals surface area contributed by atoms with Crippen LogP contribution < -0.4 is 0 Å². The molecule has 1 aliphatic heterocycles. The van der Waals surface area contributed by atoms with Gasteiger partial charge in [-0.1, -0.05) is 0 Å². The van der Waals surface area contributed by atoms with Crippen LogP contribution in [0.25, 0.3) is 0 Å². The number of aromatic nitrogens is 2. The van der Waals surface area contributed by atoms with Crippen LogP contribution in [0, 0.1) is 0 Å². The molecule has 0 bridgehead atoms. The molecule has 1 aromatic rings. The quantitative estimate of drug-likeness (QED) is 0.798. The average molecular weight is 285 g/mol. The first-order valence-corrected chi connectivity index (χ1v) is 8.32. The zero-order valence-corrected chi connectivity index (χ0v) is 12.0. The number of likely N-dealkylation sites (tertiary alicyclic amines) is 1. The Bertz CT molecular complexity index is 539. The van der Waals surface area contributed by atoms with Gasteiger partial charge in [-0.2, -0.15) is 5.10 Å². The smallest absolute Gasteiger partial charge is 0.240 e. The van der Waals surface area contributed by atoms with Gasteiger partial charge < -0.3 is 4.90 Å². The molecule has 2 rings (SSSR count). The molecule has 1 aliphatic rings. The minimum Gasteiger partial charge on any atom is -0.337 e. The van der Waals surface area contributed by atoms with Crippen LogP contribution in [-0.4, -0.2) is 53.1 Å². The summed E-state index contributed by atoms with van der Waals surface area (Å²) < 4.78 is 24.8. The SMILES string of the molecule is C[C@H](C(=O)N1CCC[C@@H]1Cn1cccn1)S(C)(=O)=O. The van der Waals surface area contributed by atoms with Crippen LogP contribution in [0.2, 0.25) is 0 Å². The molecule has 106 valence electrons. The fourth-order valence-electron chi connectivity index (χ4n) is 2.36. The van der Waals surface area contributed by atoms with Crippen LogP contribution in [0.5, 0.6) is 0 Å². The van der Waals surface area contributed by atoms with Gasteiger partial charge in [-0.3, -0.25) is 9.48 Å². The summed E-state index contributed by atoms with van der Waals surface area (Å²) in [5.74, 6) is -0.294. The molecule has 2 heterocycles. The summed E-state index contributed by atoms with van der Waals surface area (Å²) in [7, 11) is -3.34. The van der Waals surface area contributed by atoms with E-state index in [0.29, 0.717) is 13.1 Å². The number of carbonyl (C=O) groups is 1. The van der Waals surface area contributed by atoms with Crippen LogP contribution in [0.3, 0.4) is 0 Å². The molecular formula is C12H19N3O3S. The Morgan fingerprint density at radius 3 is 2.84 bits per heavy atom. The topological polar surface area (TPSA) is 72.3 Å². The molecule has 0 unspecified atom stereocenters. The van der Waals surface area contributed by atoms with Crippen molar-refractivity contribution in [1.29, 1.82) is 0 Å². The molecule has 0 spiro atoms. The third-order valence-corrected chi connectivity index (χ3v) is 5.09. The van der Waals surface area contributed by atoms with E-state index in [0.717, 1.165) is 19.1 Å². The Labute approximate surface area is 113 Å². The van der Waals surface area contributed by atoms with E-state index in [2.05, 4.69) is 5.10 Å². The van der Waals surface area contributed by atoms with Gasteiger partial charge in [-0.25, -0.2) is 8.42 Å². The average Bonchev–Trinajstić information content (AvgIpc) is 2.98. The lowest BCUT2D eigenvalue weighted by molar-refractivity contribution is -0.131. The van der Waals surface area contributed by atoms with Crippen LogP contribution in [-0.2, 0) is 21.2 Å². The minimum absolute atomic E-state index is 0.0385. The number of carbonyl (C=O) groups excluding carboxylic acids is 1. The van der Waals surface area contributed by atoms with Gasteiger partial charge in [0.2, 0.25) is 5.91 Å². The van der Waals surface area contributed by atoms with Crippen LogP contribution in [0.15, 0.2) is 18.5 Å². The second kappa shape index (κ2) is 5.32. The molecular weight excluding hydrogens is 266 g/mol. The molecule has 1 amide bonds. The molecule has 0 radical (unpaired) electrons. The van der Waals surface area contributed by atoms with Crippen molar-refractivity contribution < 1.29 is 13.2 Å². The Morgan fingerprint density at radius 2 is 2.26 bits per heavy atom. The fraction of sp³-hybridized carbons (Fsp3) is 0.667. The highest BCUT2D eigenvalue weighted by Crippen LogP contribution is 2.21. The number of hydrogen-bond donors (Lipinski definition) is 0. The van der Waals surface area contributed by atoms with E-state index in [1.165, 1.54) is 6.92 Å². The van der Waals surface area contributed by atoms with E-state index < -0.39 is 15.1 Å². The van der Waals surface area contributed by atoms with Crippen molar-refractivity contribution in [3.05, 3.63) is 18.5 Å². The fourth-order valence-corrected chi connectivity index (χ4v) is 2.86. The second-order valence-electron chi connectivity index (χ2n) is 5.03. The highest BCUT2D eigenvalue weighted by atomic mass is 32.2. The Morgan fingerprint density at radius 1 is 1.53 bits per heavy atom. The highest BCUT2D eigenvalue weighted by molar-refractivity contribution is 7.92. The first kappa shape index (κ1) is 14.0. The predicted molar refractivity (Wildman–Crippen MR) is 71.3 cm³/mol. The first-order valence-electron chi connectivity index (χ1n) is 6.36. The lowest BCUT2D eigenvalue weighted by Gasteiger charge is -2.26. The number of rotatable bonds is 4. The molecule has 1 saturated heterocycles. The number of nitrogens with zero attached hydrogens (tertiary/aromatic N) is 3. The molecule has 6 nitrogen and oxygen atoms in total. The Balaban J connectivity index is 2.08. The molecule has 0 aromatic carbocycles. The van der Waals surface area contributed by atoms with Gasteiger partial charge >= 0.3 is 0 Å². The molecule has 0 saturated carbocycles. The summed E-state index contributed by atoms with van der Waals surface area (Å²) >= 11 is 0. The summed E-state index contributed by atoms with van der Waals surface area (Å²) in [5, 5.41) is 3.16. The van der Waals surface area contributed by atoms with Crippen LogP contribution in [0.1, 0.15) is 19.8 Å². The minimum atomic E-state index is -3.34. The monoisotopic (exact) mass is 285 g/mol. The van der Waals surface area contributed by atoms with Crippen molar-refractivity contribution >= 4 is 15.7 Å². The van der Waals surface area contributed by atoms with Crippen molar-refractivity contribution in [2.24, 2.45) is 0 Å². The summed E-state index contributed by atoms with van der Waals surface area (Å²) in [6.07, 6.45) is 6.45. The molecule has 19 heavy (non-hydrogen) atoms. The zero-order valence-electron chi connectivity index (χ0n) is 11.2. The van der Waals surface area contributed by atoms with E-state index in [-0.39, 0.29) is 11.9 Å². The van der Waals surface area contributed by atoms with Crippen molar-refractivity contribution in [1.82, 2.24) is 14.7 Å². The third kappa shape index (κ3) is 3.15. The van der Waals surface area contributed by atoms with Crippen LogP contribution in [0.4, 0.5) is 0 Å². The highest BCUT2D eigenvalue weighted by Gasteiger charge is 2.35.